The number of benzene rings is 2. The Labute approximate surface area is 172 Å². The predicted octanol–water partition coefficient (Wildman–Crippen LogP) is 4.85. The summed E-state index contributed by atoms with van der Waals surface area (Å²) < 4.78 is 12.1. The minimum absolute atomic E-state index is 0.0471. The molecule has 0 aliphatic carbocycles. The first-order valence-corrected chi connectivity index (χ1v) is 11.2. The van der Waals surface area contributed by atoms with Gasteiger partial charge in [-0.1, -0.05) is 11.3 Å². The van der Waals surface area contributed by atoms with E-state index < -0.39 is 0 Å². The van der Waals surface area contributed by atoms with E-state index in [-0.39, 0.29) is 12.0 Å². The molecule has 28 heavy (non-hydrogen) atoms. The fraction of sp³-hybridized carbons (Fsp3) is 0.333. The number of hydrogen-bond acceptors (Lipinski definition) is 6. The lowest BCUT2D eigenvalue weighted by Crippen LogP contribution is -2.37. The van der Waals surface area contributed by atoms with Crippen molar-refractivity contribution >= 4 is 44.4 Å². The molecule has 7 heteroatoms. The Hall–Kier alpha value is -2.09. The molecule has 1 saturated heterocycles. The Morgan fingerprint density at radius 2 is 2.14 bits per heavy atom. The number of thioether (sulfide) groups is 1. The van der Waals surface area contributed by atoms with E-state index in [1.807, 2.05) is 48.7 Å². The third kappa shape index (κ3) is 4.01. The Balaban J connectivity index is 1.68. The van der Waals surface area contributed by atoms with Gasteiger partial charge in [0.2, 0.25) is 0 Å². The second-order valence-corrected chi connectivity index (χ2v) is 8.50. The molecule has 0 N–H and O–H groups in total. The summed E-state index contributed by atoms with van der Waals surface area (Å²) in [6, 6.07) is 13.5. The van der Waals surface area contributed by atoms with Gasteiger partial charge in [0.15, 0.2) is 5.13 Å². The van der Waals surface area contributed by atoms with Crippen LogP contribution in [0.5, 0.6) is 5.75 Å². The van der Waals surface area contributed by atoms with E-state index in [9.17, 15) is 4.79 Å². The van der Waals surface area contributed by atoms with E-state index in [1.165, 1.54) is 11.3 Å². The van der Waals surface area contributed by atoms with Crippen LogP contribution in [0.25, 0.3) is 10.2 Å². The van der Waals surface area contributed by atoms with E-state index in [2.05, 4.69) is 0 Å². The van der Waals surface area contributed by atoms with Crippen molar-refractivity contribution in [1.29, 1.82) is 0 Å². The number of hydrogen-bond donors (Lipinski definition) is 0. The van der Waals surface area contributed by atoms with Crippen LogP contribution in [-0.2, 0) is 4.74 Å². The second kappa shape index (κ2) is 8.51. The first-order valence-electron chi connectivity index (χ1n) is 9.20. The Bertz CT molecular complexity index is 965. The van der Waals surface area contributed by atoms with Gasteiger partial charge in [0.25, 0.3) is 5.91 Å². The van der Waals surface area contributed by atoms with Crippen LogP contribution >= 0.6 is 23.1 Å². The highest BCUT2D eigenvalue weighted by Gasteiger charge is 2.27. The largest absolute Gasteiger partial charge is 0.497 e. The number of aromatic nitrogens is 1. The van der Waals surface area contributed by atoms with E-state index in [0.717, 1.165) is 40.3 Å². The number of amides is 1. The molecule has 1 aliphatic heterocycles. The van der Waals surface area contributed by atoms with Gasteiger partial charge in [-0.15, -0.1) is 11.8 Å². The predicted molar refractivity (Wildman–Crippen MR) is 115 cm³/mol. The van der Waals surface area contributed by atoms with Gasteiger partial charge in [-0.2, -0.15) is 0 Å². The molecule has 1 aliphatic rings. The van der Waals surface area contributed by atoms with Crippen LogP contribution in [0.15, 0.2) is 47.4 Å². The molecule has 1 aromatic heterocycles. The molecule has 1 atom stereocenters. The van der Waals surface area contributed by atoms with E-state index in [1.54, 1.807) is 23.8 Å². The first-order chi connectivity index (χ1) is 13.7. The number of carbonyl (C=O) groups excluding carboxylic acids is 1. The van der Waals surface area contributed by atoms with Crippen LogP contribution in [0.3, 0.4) is 0 Å². The fourth-order valence-corrected chi connectivity index (χ4v) is 4.67. The van der Waals surface area contributed by atoms with Crippen molar-refractivity contribution in [2.24, 2.45) is 0 Å². The summed E-state index contributed by atoms with van der Waals surface area (Å²) >= 11 is 3.16. The van der Waals surface area contributed by atoms with Crippen molar-refractivity contribution in [1.82, 2.24) is 4.98 Å². The Kier molecular flexibility index (Phi) is 5.85. The zero-order valence-corrected chi connectivity index (χ0v) is 17.5. The zero-order valence-electron chi connectivity index (χ0n) is 15.9. The van der Waals surface area contributed by atoms with Gasteiger partial charge < -0.3 is 9.47 Å². The van der Waals surface area contributed by atoms with Crippen LogP contribution < -0.4 is 9.64 Å². The van der Waals surface area contributed by atoms with Crippen molar-refractivity contribution in [2.75, 3.05) is 31.4 Å². The monoisotopic (exact) mass is 414 g/mol. The fourth-order valence-electron chi connectivity index (χ4n) is 3.26. The number of nitrogens with zero attached hydrogens (tertiary/aromatic N) is 2. The molecule has 0 saturated carbocycles. The molecule has 2 heterocycles. The quantitative estimate of drug-likeness (QED) is 0.540. The summed E-state index contributed by atoms with van der Waals surface area (Å²) in [5, 5.41) is 0.692. The van der Waals surface area contributed by atoms with Gasteiger partial charge >= 0.3 is 0 Å². The molecular weight excluding hydrogens is 392 g/mol. The first kappa shape index (κ1) is 19.2. The number of methoxy groups -OCH3 is 1. The molecule has 4 rings (SSSR count). The molecule has 2 aromatic carbocycles. The molecule has 0 bridgehead atoms. The maximum atomic E-state index is 13.3. The normalized spacial score (nSPS) is 16.4. The van der Waals surface area contributed by atoms with Crippen molar-refractivity contribution in [3.63, 3.8) is 0 Å². The number of carbonyl (C=O) groups is 1. The smallest absolute Gasteiger partial charge is 0.260 e. The number of thiazole rings is 1. The average molecular weight is 415 g/mol. The molecule has 1 unspecified atom stereocenters. The van der Waals surface area contributed by atoms with Crippen molar-refractivity contribution in [2.45, 2.75) is 23.8 Å². The zero-order chi connectivity index (χ0) is 19.5. The van der Waals surface area contributed by atoms with Gasteiger partial charge in [-0.3, -0.25) is 9.69 Å². The summed E-state index contributed by atoms with van der Waals surface area (Å²) in [6.07, 6.45) is 4.08. The van der Waals surface area contributed by atoms with E-state index in [4.69, 9.17) is 14.5 Å². The number of anilines is 1. The highest BCUT2D eigenvalue weighted by atomic mass is 32.2. The van der Waals surface area contributed by atoms with Gasteiger partial charge in [0.05, 0.1) is 30.0 Å². The summed E-state index contributed by atoms with van der Waals surface area (Å²) in [5.41, 5.74) is 1.52. The molecule has 1 fully saturated rings. The van der Waals surface area contributed by atoms with Crippen LogP contribution in [0.1, 0.15) is 23.2 Å². The third-order valence-corrected chi connectivity index (χ3v) is 6.59. The van der Waals surface area contributed by atoms with Crippen LogP contribution in [0.4, 0.5) is 5.13 Å². The van der Waals surface area contributed by atoms with Crippen LogP contribution in [0.2, 0.25) is 0 Å². The topological polar surface area (TPSA) is 51.7 Å². The lowest BCUT2D eigenvalue weighted by atomic mass is 10.2. The molecule has 3 aromatic rings. The van der Waals surface area contributed by atoms with Gasteiger partial charge in [0, 0.05) is 17.1 Å². The third-order valence-electron chi connectivity index (χ3n) is 4.81. The lowest BCUT2D eigenvalue weighted by Gasteiger charge is -2.23. The summed E-state index contributed by atoms with van der Waals surface area (Å²) in [6.45, 7) is 1.27. The Morgan fingerprint density at radius 1 is 1.32 bits per heavy atom. The number of rotatable bonds is 6. The van der Waals surface area contributed by atoms with Crippen molar-refractivity contribution in [3.05, 3.63) is 48.0 Å². The molecule has 5 nitrogen and oxygen atoms in total. The molecule has 0 radical (unpaired) electrons. The van der Waals surface area contributed by atoms with Crippen LogP contribution in [0, 0.1) is 0 Å². The highest BCUT2D eigenvalue weighted by Crippen LogP contribution is 2.33. The van der Waals surface area contributed by atoms with E-state index >= 15 is 0 Å². The van der Waals surface area contributed by atoms with Gasteiger partial charge in [0.1, 0.15) is 5.75 Å². The standard InChI is InChI=1S/C21H22N2O3S2/c1-25-15-7-10-18-19(12-15)28-21(22-18)23(13-16-4-3-11-26-16)20(24)14-5-8-17(27-2)9-6-14/h5-10,12,16H,3-4,11,13H2,1-2H3. The van der Waals surface area contributed by atoms with E-state index in [0.29, 0.717) is 17.2 Å². The lowest BCUT2D eigenvalue weighted by molar-refractivity contribution is 0.0917. The minimum Gasteiger partial charge on any atom is -0.497 e. The Morgan fingerprint density at radius 3 is 2.82 bits per heavy atom. The van der Waals surface area contributed by atoms with Gasteiger partial charge in [-0.05, 0) is 61.6 Å². The number of fused-ring (bicyclic) bond motifs is 1. The number of ether oxygens (including phenoxy) is 2. The maximum absolute atomic E-state index is 13.3. The SMILES string of the molecule is COc1ccc2nc(N(CC3CCCO3)C(=O)c3ccc(SC)cc3)sc2c1. The second-order valence-electron chi connectivity index (χ2n) is 6.61. The van der Waals surface area contributed by atoms with Crippen molar-refractivity contribution < 1.29 is 14.3 Å². The molecular formula is C21H22N2O3S2. The van der Waals surface area contributed by atoms with Gasteiger partial charge in [-0.25, -0.2) is 4.98 Å². The summed E-state index contributed by atoms with van der Waals surface area (Å²) in [4.78, 5) is 21.0. The molecule has 146 valence electrons. The van der Waals surface area contributed by atoms with Crippen LogP contribution in [-0.4, -0.2) is 43.5 Å². The average Bonchev–Trinajstić information content (AvgIpc) is 3.40. The summed E-state index contributed by atoms with van der Waals surface area (Å²) in [5.74, 6) is 0.738. The molecule has 0 spiro atoms. The summed E-state index contributed by atoms with van der Waals surface area (Å²) in [7, 11) is 1.65. The minimum atomic E-state index is -0.0471. The maximum Gasteiger partial charge on any atom is 0.260 e. The molecule has 1 amide bonds. The highest BCUT2D eigenvalue weighted by molar-refractivity contribution is 7.98. The van der Waals surface area contributed by atoms with Crippen molar-refractivity contribution in [3.8, 4) is 5.75 Å².